The molecule has 0 aliphatic rings. The second-order valence-corrected chi connectivity index (χ2v) is 4.21. The second kappa shape index (κ2) is 6.15. The van der Waals surface area contributed by atoms with Crippen LogP contribution in [0.5, 0.6) is 0 Å². The molecule has 0 saturated heterocycles. The van der Waals surface area contributed by atoms with Crippen LogP contribution in [0.1, 0.15) is 18.5 Å². The lowest BCUT2D eigenvalue weighted by Gasteiger charge is -2.17. The Balaban J connectivity index is 2.27. The van der Waals surface area contributed by atoms with Crippen LogP contribution in [0.4, 0.5) is 5.82 Å². The summed E-state index contributed by atoms with van der Waals surface area (Å²) in [4.78, 5) is 16.2. The largest absolute Gasteiger partial charge is 0.357 e. The Morgan fingerprint density at radius 1 is 1.37 bits per heavy atom. The van der Waals surface area contributed by atoms with Gasteiger partial charge in [-0.2, -0.15) is 0 Å². The zero-order chi connectivity index (χ0) is 13.7. The third kappa shape index (κ3) is 3.00. The monoisotopic (exact) mass is 258 g/mol. The topological polar surface area (TPSA) is 72.9 Å². The standard InChI is InChI=1S/C14H18N4O/c1-2-18-9-8-16-13(14(18)19)17-12(10-15)11-6-4-3-5-7-11/h3-9,12H,2,10,15H2,1H3,(H,16,17). The maximum Gasteiger partial charge on any atom is 0.293 e. The Morgan fingerprint density at radius 3 is 2.74 bits per heavy atom. The highest BCUT2D eigenvalue weighted by atomic mass is 16.1. The van der Waals surface area contributed by atoms with Crippen molar-refractivity contribution in [3.05, 3.63) is 58.6 Å². The zero-order valence-corrected chi connectivity index (χ0v) is 10.9. The van der Waals surface area contributed by atoms with Crippen LogP contribution in [-0.2, 0) is 6.54 Å². The van der Waals surface area contributed by atoms with Crippen LogP contribution < -0.4 is 16.6 Å². The SMILES string of the molecule is CCn1ccnc(NC(CN)c2ccccc2)c1=O. The van der Waals surface area contributed by atoms with E-state index in [0.717, 1.165) is 5.56 Å². The number of hydrogen-bond acceptors (Lipinski definition) is 4. The molecule has 0 aliphatic heterocycles. The van der Waals surface area contributed by atoms with Crippen molar-refractivity contribution in [2.24, 2.45) is 5.73 Å². The average Bonchev–Trinajstić information content (AvgIpc) is 2.47. The van der Waals surface area contributed by atoms with Crippen molar-refractivity contribution < 1.29 is 0 Å². The number of nitrogens with one attached hydrogen (secondary N) is 1. The first-order valence-electron chi connectivity index (χ1n) is 6.33. The van der Waals surface area contributed by atoms with Gasteiger partial charge in [-0.25, -0.2) is 4.98 Å². The van der Waals surface area contributed by atoms with E-state index >= 15 is 0 Å². The molecular weight excluding hydrogens is 240 g/mol. The maximum absolute atomic E-state index is 12.1. The molecule has 1 heterocycles. The van der Waals surface area contributed by atoms with Gasteiger partial charge in [0.2, 0.25) is 0 Å². The molecule has 0 bridgehead atoms. The molecule has 1 aromatic carbocycles. The van der Waals surface area contributed by atoms with Crippen LogP contribution in [0.2, 0.25) is 0 Å². The predicted octanol–water partition coefficient (Wildman–Crippen LogP) is 1.38. The number of nitrogens with two attached hydrogens (primary N) is 1. The van der Waals surface area contributed by atoms with Crippen molar-refractivity contribution in [2.75, 3.05) is 11.9 Å². The van der Waals surface area contributed by atoms with Gasteiger partial charge < -0.3 is 15.6 Å². The van der Waals surface area contributed by atoms with Crippen LogP contribution in [0.25, 0.3) is 0 Å². The lowest BCUT2D eigenvalue weighted by atomic mass is 10.1. The number of aromatic nitrogens is 2. The van der Waals surface area contributed by atoms with Crippen molar-refractivity contribution in [1.82, 2.24) is 9.55 Å². The molecule has 2 aromatic rings. The van der Waals surface area contributed by atoms with Crippen LogP contribution in [-0.4, -0.2) is 16.1 Å². The highest BCUT2D eigenvalue weighted by molar-refractivity contribution is 5.36. The van der Waals surface area contributed by atoms with Crippen LogP contribution >= 0.6 is 0 Å². The first kappa shape index (κ1) is 13.3. The van der Waals surface area contributed by atoms with Crippen molar-refractivity contribution in [3.8, 4) is 0 Å². The zero-order valence-electron chi connectivity index (χ0n) is 10.9. The molecule has 1 unspecified atom stereocenters. The van der Waals surface area contributed by atoms with E-state index in [-0.39, 0.29) is 11.6 Å². The number of rotatable bonds is 5. The van der Waals surface area contributed by atoms with Gasteiger partial charge >= 0.3 is 0 Å². The quantitative estimate of drug-likeness (QED) is 0.849. The molecule has 2 rings (SSSR count). The molecule has 0 saturated carbocycles. The van der Waals surface area contributed by atoms with Crippen LogP contribution in [0.15, 0.2) is 47.5 Å². The summed E-state index contributed by atoms with van der Waals surface area (Å²) in [6.07, 6.45) is 3.29. The van der Waals surface area contributed by atoms with E-state index in [1.54, 1.807) is 17.0 Å². The van der Waals surface area contributed by atoms with Crippen LogP contribution in [0.3, 0.4) is 0 Å². The summed E-state index contributed by atoms with van der Waals surface area (Å²) in [5.41, 5.74) is 6.69. The number of benzene rings is 1. The van der Waals surface area contributed by atoms with Gasteiger partial charge in [0.25, 0.3) is 5.56 Å². The summed E-state index contributed by atoms with van der Waals surface area (Å²) in [7, 11) is 0. The normalized spacial score (nSPS) is 12.1. The third-order valence-corrected chi connectivity index (χ3v) is 3.00. The second-order valence-electron chi connectivity index (χ2n) is 4.21. The third-order valence-electron chi connectivity index (χ3n) is 3.00. The molecule has 5 heteroatoms. The molecule has 0 fully saturated rings. The Hall–Kier alpha value is -2.14. The molecule has 1 atom stereocenters. The summed E-state index contributed by atoms with van der Waals surface area (Å²) in [5.74, 6) is 0.337. The Morgan fingerprint density at radius 2 is 2.11 bits per heavy atom. The summed E-state index contributed by atoms with van der Waals surface area (Å²) >= 11 is 0. The van der Waals surface area contributed by atoms with Crippen molar-refractivity contribution in [3.63, 3.8) is 0 Å². The summed E-state index contributed by atoms with van der Waals surface area (Å²) in [6.45, 7) is 2.93. The molecule has 100 valence electrons. The molecule has 5 nitrogen and oxygen atoms in total. The molecule has 3 N–H and O–H groups in total. The van der Waals surface area contributed by atoms with Crippen molar-refractivity contribution >= 4 is 5.82 Å². The van der Waals surface area contributed by atoms with Gasteiger partial charge in [0, 0.05) is 25.5 Å². The average molecular weight is 258 g/mol. The van der Waals surface area contributed by atoms with Gasteiger partial charge in [-0.15, -0.1) is 0 Å². The molecule has 0 amide bonds. The number of hydrogen-bond donors (Lipinski definition) is 2. The highest BCUT2D eigenvalue weighted by Crippen LogP contribution is 2.14. The van der Waals surface area contributed by atoms with Gasteiger partial charge in [-0.1, -0.05) is 30.3 Å². The van der Waals surface area contributed by atoms with E-state index in [9.17, 15) is 4.79 Å². The fourth-order valence-electron chi connectivity index (χ4n) is 1.92. The van der Waals surface area contributed by atoms with E-state index in [2.05, 4.69) is 10.3 Å². The fourth-order valence-corrected chi connectivity index (χ4v) is 1.92. The van der Waals surface area contributed by atoms with Crippen LogP contribution in [0, 0.1) is 0 Å². The number of anilines is 1. The lowest BCUT2D eigenvalue weighted by Crippen LogP contribution is -2.28. The lowest BCUT2D eigenvalue weighted by molar-refractivity contribution is 0.708. The Bertz CT molecular complexity index is 579. The van der Waals surface area contributed by atoms with Gasteiger partial charge in [0.15, 0.2) is 5.82 Å². The fraction of sp³-hybridized carbons (Fsp3) is 0.286. The number of aryl methyl sites for hydroxylation is 1. The summed E-state index contributed by atoms with van der Waals surface area (Å²) in [6, 6.07) is 9.68. The first-order valence-corrected chi connectivity index (χ1v) is 6.33. The smallest absolute Gasteiger partial charge is 0.293 e. The van der Waals surface area contributed by atoms with E-state index < -0.39 is 0 Å². The summed E-state index contributed by atoms with van der Waals surface area (Å²) in [5, 5.41) is 3.12. The maximum atomic E-state index is 12.1. The summed E-state index contributed by atoms with van der Waals surface area (Å²) < 4.78 is 1.61. The molecule has 0 aliphatic carbocycles. The molecule has 1 aromatic heterocycles. The van der Waals surface area contributed by atoms with Crippen molar-refractivity contribution in [2.45, 2.75) is 19.5 Å². The first-order chi connectivity index (χ1) is 9.26. The van der Waals surface area contributed by atoms with Gasteiger partial charge in [0.1, 0.15) is 0 Å². The molecule has 0 spiro atoms. The minimum Gasteiger partial charge on any atom is -0.357 e. The minimum atomic E-state index is -0.126. The highest BCUT2D eigenvalue weighted by Gasteiger charge is 2.12. The van der Waals surface area contributed by atoms with Crippen molar-refractivity contribution in [1.29, 1.82) is 0 Å². The van der Waals surface area contributed by atoms with E-state index in [1.165, 1.54) is 0 Å². The van der Waals surface area contributed by atoms with Gasteiger partial charge in [-0.05, 0) is 12.5 Å². The van der Waals surface area contributed by atoms with Gasteiger partial charge in [-0.3, -0.25) is 4.79 Å². The Labute approximate surface area is 112 Å². The van der Waals surface area contributed by atoms with E-state index in [1.807, 2.05) is 37.3 Å². The molecule has 0 radical (unpaired) electrons. The van der Waals surface area contributed by atoms with E-state index in [4.69, 9.17) is 5.73 Å². The predicted molar refractivity (Wildman–Crippen MR) is 76.0 cm³/mol. The molecule has 19 heavy (non-hydrogen) atoms. The van der Waals surface area contributed by atoms with E-state index in [0.29, 0.717) is 18.9 Å². The molecular formula is C14H18N4O. The van der Waals surface area contributed by atoms with Gasteiger partial charge in [0.05, 0.1) is 6.04 Å². The number of nitrogens with zero attached hydrogens (tertiary/aromatic N) is 2. The minimum absolute atomic E-state index is 0.117. The Kier molecular flexibility index (Phi) is 4.30.